The molecule has 2 aromatic carbocycles. The molecular formula is C28H27N3O7S2. The summed E-state index contributed by atoms with van der Waals surface area (Å²) >= 11 is 2.15. The number of anilines is 2. The topological polar surface area (TPSA) is 124 Å². The molecule has 1 N–H and O–H groups in total. The molecular weight excluding hydrogens is 554 g/mol. The van der Waals surface area contributed by atoms with E-state index in [1.54, 1.807) is 55.5 Å². The number of nitrogens with zero attached hydrogens (tertiary/aromatic N) is 2. The van der Waals surface area contributed by atoms with Crippen LogP contribution in [-0.4, -0.2) is 47.2 Å². The van der Waals surface area contributed by atoms with Crippen molar-refractivity contribution in [3.8, 4) is 5.75 Å². The summed E-state index contributed by atoms with van der Waals surface area (Å²) < 4.78 is 11.5. The van der Waals surface area contributed by atoms with Crippen LogP contribution in [0.4, 0.5) is 11.4 Å². The van der Waals surface area contributed by atoms with Crippen LogP contribution in [0.1, 0.15) is 36.0 Å². The van der Waals surface area contributed by atoms with Crippen molar-refractivity contribution in [3.05, 3.63) is 68.6 Å². The highest BCUT2D eigenvalue weighted by atomic mass is 32.2. The van der Waals surface area contributed by atoms with Gasteiger partial charge >= 0.3 is 10.8 Å². The van der Waals surface area contributed by atoms with Crippen LogP contribution in [0.5, 0.6) is 5.75 Å². The molecule has 3 heterocycles. The molecule has 2 atom stereocenters. The van der Waals surface area contributed by atoms with E-state index in [0.717, 1.165) is 23.1 Å². The minimum atomic E-state index is -0.812. The van der Waals surface area contributed by atoms with E-state index in [1.165, 1.54) is 16.6 Å². The fourth-order valence-electron chi connectivity index (χ4n) is 5.00. The second-order valence-electron chi connectivity index (χ2n) is 9.88. The van der Waals surface area contributed by atoms with Crippen LogP contribution in [-0.2, 0) is 31.1 Å². The van der Waals surface area contributed by atoms with Crippen LogP contribution >= 0.6 is 23.1 Å². The van der Waals surface area contributed by atoms with Crippen molar-refractivity contribution in [2.75, 3.05) is 23.9 Å². The highest BCUT2D eigenvalue weighted by Crippen LogP contribution is 2.54. The third-order valence-corrected chi connectivity index (χ3v) is 9.84. The molecule has 208 valence electrons. The summed E-state index contributed by atoms with van der Waals surface area (Å²) in [4.78, 5) is 66.5. The molecule has 2 aliphatic rings. The van der Waals surface area contributed by atoms with Crippen LogP contribution in [0.2, 0.25) is 0 Å². The molecule has 40 heavy (non-hydrogen) atoms. The van der Waals surface area contributed by atoms with Crippen LogP contribution in [0.15, 0.2) is 58.4 Å². The van der Waals surface area contributed by atoms with E-state index in [1.807, 2.05) is 13.8 Å². The number of hydrogen-bond donors (Lipinski definition) is 1. The maximum absolute atomic E-state index is 13.6. The highest BCUT2D eigenvalue weighted by Gasteiger charge is 2.59. The summed E-state index contributed by atoms with van der Waals surface area (Å²) in [5.74, 6) is -1.65. The van der Waals surface area contributed by atoms with E-state index in [0.29, 0.717) is 32.6 Å². The monoisotopic (exact) mass is 581 g/mol. The lowest BCUT2D eigenvalue weighted by molar-refractivity contribution is -0.123. The van der Waals surface area contributed by atoms with E-state index in [2.05, 4.69) is 5.32 Å². The highest BCUT2D eigenvalue weighted by molar-refractivity contribution is 8.00. The van der Waals surface area contributed by atoms with Crippen molar-refractivity contribution in [1.82, 2.24) is 4.57 Å². The lowest BCUT2D eigenvalue weighted by Gasteiger charge is -2.36. The Morgan fingerprint density at radius 3 is 2.30 bits per heavy atom. The number of methoxy groups -OCH3 is 1. The maximum Gasteiger partial charge on any atom is 0.338 e. The molecule has 0 bridgehead atoms. The number of carbonyl (C=O) groups is 4. The number of aromatic nitrogens is 1. The summed E-state index contributed by atoms with van der Waals surface area (Å²) in [6, 6.07) is 13.0. The maximum atomic E-state index is 13.6. The lowest BCUT2D eigenvalue weighted by atomic mass is 9.76. The predicted molar refractivity (Wildman–Crippen MR) is 151 cm³/mol. The number of ether oxygens (including phenoxy) is 2. The summed E-state index contributed by atoms with van der Waals surface area (Å²) in [7, 11) is 1.54. The number of esters is 1. The molecule has 0 aliphatic carbocycles. The van der Waals surface area contributed by atoms with Gasteiger partial charge < -0.3 is 14.8 Å². The first-order chi connectivity index (χ1) is 19.1. The first-order valence-corrected chi connectivity index (χ1v) is 14.3. The molecule has 3 amide bonds. The van der Waals surface area contributed by atoms with E-state index < -0.39 is 28.5 Å². The zero-order valence-electron chi connectivity index (χ0n) is 22.3. The summed E-state index contributed by atoms with van der Waals surface area (Å²) in [5, 5.41) is 2.52. The number of carbonyl (C=O) groups excluding carboxylic acids is 4. The van der Waals surface area contributed by atoms with E-state index in [-0.39, 0.29) is 29.8 Å². The Bertz CT molecular complexity index is 1560. The van der Waals surface area contributed by atoms with Gasteiger partial charge in [0.1, 0.15) is 17.5 Å². The van der Waals surface area contributed by atoms with Gasteiger partial charge in [0.05, 0.1) is 35.9 Å². The minimum Gasteiger partial charge on any atom is -0.497 e. The second-order valence-corrected chi connectivity index (χ2v) is 12.0. The molecule has 1 aromatic heterocycles. The molecule has 1 saturated heterocycles. The summed E-state index contributed by atoms with van der Waals surface area (Å²) in [6.45, 7) is 5.42. The van der Waals surface area contributed by atoms with Gasteiger partial charge in [-0.2, -0.15) is 0 Å². The fourth-order valence-corrected chi connectivity index (χ4v) is 8.04. The fraction of sp³-hybridized carbons (Fsp3) is 0.321. The van der Waals surface area contributed by atoms with Gasteiger partial charge in [-0.3, -0.25) is 23.7 Å². The van der Waals surface area contributed by atoms with Gasteiger partial charge in [0.25, 0.3) is 0 Å². The van der Waals surface area contributed by atoms with Crippen molar-refractivity contribution in [2.45, 2.75) is 43.0 Å². The van der Waals surface area contributed by atoms with Gasteiger partial charge in [-0.15, -0.1) is 0 Å². The van der Waals surface area contributed by atoms with Gasteiger partial charge in [-0.1, -0.05) is 36.9 Å². The molecule has 0 saturated carbocycles. The van der Waals surface area contributed by atoms with E-state index in [4.69, 9.17) is 9.47 Å². The number of rotatable bonds is 7. The summed E-state index contributed by atoms with van der Waals surface area (Å²) in [5.41, 5.74) is 0.453. The van der Waals surface area contributed by atoms with Gasteiger partial charge in [-0.25, -0.2) is 9.69 Å². The quantitative estimate of drug-likeness (QED) is 0.331. The Labute approximate surface area is 238 Å². The molecule has 2 unspecified atom stereocenters. The third kappa shape index (κ3) is 4.71. The van der Waals surface area contributed by atoms with Crippen molar-refractivity contribution in [3.63, 3.8) is 0 Å². The lowest BCUT2D eigenvalue weighted by Crippen LogP contribution is -2.41. The Morgan fingerprint density at radius 1 is 1.00 bits per heavy atom. The van der Waals surface area contributed by atoms with Crippen LogP contribution in [0.3, 0.4) is 0 Å². The standard InChI is InChI=1S/C28H27N3O7S2/c1-5-38-26(35)15-6-8-16(9-7-15)29-19(32)14-30-25-22(40-27(30)36)28(2,3)20-21(39-25)24(34)31(23(20)33)17-10-12-18(37-4)13-11-17/h6-13,20-21H,5,14H2,1-4H3,(H,29,32). The van der Waals surface area contributed by atoms with Crippen molar-refractivity contribution in [2.24, 2.45) is 5.92 Å². The zero-order valence-corrected chi connectivity index (χ0v) is 23.9. The van der Waals surface area contributed by atoms with Crippen LogP contribution < -0.4 is 19.8 Å². The smallest absolute Gasteiger partial charge is 0.338 e. The first kappa shape index (κ1) is 27.7. The third-order valence-electron chi connectivity index (χ3n) is 7.02. The number of fused-ring (bicyclic) bond motifs is 2. The Kier molecular flexibility index (Phi) is 7.32. The Morgan fingerprint density at radius 2 is 1.68 bits per heavy atom. The van der Waals surface area contributed by atoms with Gasteiger partial charge in [0.2, 0.25) is 17.7 Å². The normalized spacial score (nSPS) is 19.1. The number of amides is 3. The number of thiazole rings is 1. The van der Waals surface area contributed by atoms with Crippen molar-refractivity contribution >= 4 is 58.2 Å². The molecule has 0 radical (unpaired) electrons. The van der Waals surface area contributed by atoms with Gasteiger partial charge in [0, 0.05) is 16.0 Å². The molecule has 10 nitrogen and oxygen atoms in total. The van der Waals surface area contributed by atoms with Gasteiger partial charge in [0.15, 0.2) is 0 Å². The molecule has 1 fully saturated rings. The van der Waals surface area contributed by atoms with E-state index in [9.17, 15) is 24.0 Å². The molecule has 12 heteroatoms. The average molecular weight is 582 g/mol. The van der Waals surface area contributed by atoms with E-state index >= 15 is 0 Å². The Balaban J connectivity index is 1.38. The Hall–Kier alpha value is -3.90. The van der Waals surface area contributed by atoms with Crippen LogP contribution in [0.25, 0.3) is 0 Å². The first-order valence-electron chi connectivity index (χ1n) is 12.6. The van der Waals surface area contributed by atoms with Gasteiger partial charge in [-0.05, 0) is 55.5 Å². The van der Waals surface area contributed by atoms with Crippen LogP contribution in [0, 0.1) is 5.92 Å². The number of benzene rings is 2. The number of hydrogen-bond acceptors (Lipinski definition) is 9. The number of nitrogens with one attached hydrogen (secondary N) is 1. The predicted octanol–water partition coefficient (Wildman–Crippen LogP) is 3.68. The molecule has 5 rings (SSSR count). The van der Waals surface area contributed by atoms with Crippen molar-refractivity contribution in [1.29, 1.82) is 0 Å². The van der Waals surface area contributed by atoms with Crippen molar-refractivity contribution < 1.29 is 28.7 Å². The summed E-state index contributed by atoms with van der Waals surface area (Å²) in [6.07, 6.45) is 0. The minimum absolute atomic E-state index is 0.257. The molecule has 0 spiro atoms. The molecule has 2 aliphatic heterocycles. The number of thioether (sulfide) groups is 1. The zero-order chi connectivity index (χ0) is 28.8. The average Bonchev–Trinajstić information content (AvgIpc) is 3.38. The number of imide groups is 1. The second kappa shape index (κ2) is 10.6. The SMILES string of the molecule is CCOC(=O)c1ccc(NC(=O)Cn2c3c(sc2=O)C(C)(C)C2C(=O)N(c4ccc(OC)cc4)C(=O)C2S3)cc1. The largest absolute Gasteiger partial charge is 0.497 e. The molecule has 3 aromatic rings.